The molecule has 1 fully saturated rings. The van der Waals surface area contributed by atoms with Gasteiger partial charge in [0.1, 0.15) is 6.04 Å². The Morgan fingerprint density at radius 2 is 1.85 bits per heavy atom. The van der Waals surface area contributed by atoms with Crippen molar-refractivity contribution in [3.63, 3.8) is 0 Å². The van der Waals surface area contributed by atoms with E-state index in [1.165, 1.54) is 0 Å². The van der Waals surface area contributed by atoms with E-state index in [1.807, 2.05) is 41.2 Å². The van der Waals surface area contributed by atoms with Gasteiger partial charge in [0.05, 0.1) is 16.8 Å². The first-order valence-corrected chi connectivity index (χ1v) is 14.0. The van der Waals surface area contributed by atoms with Crippen molar-refractivity contribution in [1.82, 2.24) is 40.7 Å². The zero-order chi connectivity index (χ0) is 27.5. The lowest BCUT2D eigenvalue weighted by Crippen LogP contribution is -2.56. The number of carbonyl (C=O) groups is 2. The number of likely N-dealkylation sites (tertiary alicyclic amines) is 1. The van der Waals surface area contributed by atoms with Crippen molar-refractivity contribution in [2.45, 2.75) is 77.4 Å². The summed E-state index contributed by atoms with van der Waals surface area (Å²) in [5.41, 5.74) is 3.29. The summed E-state index contributed by atoms with van der Waals surface area (Å²) in [6.45, 7) is 9.94. The number of fused-ring (bicyclic) bond motifs is 2. The number of hydrogen-bond acceptors (Lipinski definition) is 6. The first-order valence-electron chi connectivity index (χ1n) is 14.0. The SMILES string of the molecule is CC(C)(C)c1cc(CN2CCC3(CC2)Cc2cn(nn2)CCCNC(=O)[C@H](Cc2ccccc2)NC3=O)[nH]n1. The molecule has 1 atom stereocenters. The van der Waals surface area contributed by atoms with E-state index in [0.29, 0.717) is 38.8 Å². The molecule has 1 saturated heterocycles. The molecule has 39 heavy (non-hydrogen) atoms. The molecule has 2 aromatic heterocycles. The second kappa shape index (κ2) is 11.3. The van der Waals surface area contributed by atoms with E-state index in [4.69, 9.17) is 0 Å². The first-order chi connectivity index (χ1) is 18.7. The van der Waals surface area contributed by atoms with E-state index in [9.17, 15) is 9.59 Å². The number of carbonyl (C=O) groups excluding carboxylic acids is 2. The molecule has 2 amide bonds. The van der Waals surface area contributed by atoms with Gasteiger partial charge >= 0.3 is 0 Å². The first kappa shape index (κ1) is 27.1. The highest BCUT2D eigenvalue weighted by atomic mass is 16.2. The molecular weight excluding hydrogens is 492 g/mol. The second-order valence-corrected chi connectivity index (χ2v) is 12.1. The molecule has 5 rings (SSSR count). The Bertz CT molecular complexity index is 1270. The quantitative estimate of drug-likeness (QED) is 0.475. The summed E-state index contributed by atoms with van der Waals surface area (Å²) in [7, 11) is 0. The Morgan fingerprint density at radius 3 is 2.56 bits per heavy atom. The molecule has 0 saturated carbocycles. The maximum atomic E-state index is 14.1. The third kappa shape index (κ3) is 6.55. The van der Waals surface area contributed by atoms with Crippen LogP contribution in [0.4, 0.5) is 0 Å². The Labute approximate surface area is 229 Å². The largest absolute Gasteiger partial charge is 0.354 e. The number of nitrogens with zero attached hydrogens (tertiary/aromatic N) is 5. The number of rotatable bonds is 4. The zero-order valence-corrected chi connectivity index (χ0v) is 23.2. The summed E-state index contributed by atoms with van der Waals surface area (Å²) in [6, 6.07) is 11.4. The van der Waals surface area contributed by atoms with E-state index in [0.717, 1.165) is 48.7 Å². The predicted molar refractivity (Wildman–Crippen MR) is 148 cm³/mol. The smallest absolute Gasteiger partial charge is 0.242 e. The Kier molecular flexibility index (Phi) is 7.83. The van der Waals surface area contributed by atoms with Crippen molar-refractivity contribution in [3.8, 4) is 0 Å². The Hall–Kier alpha value is -3.53. The van der Waals surface area contributed by atoms with Crippen LogP contribution in [-0.4, -0.2) is 67.6 Å². The number of nitrogens with one attached hydrogen (secondary N) is 3. The third-order valence-electron chi connectivity index (χ3n) is 7.96. The third-order valence-corrected chi connectivity index (χ3v) is 7.96. The summed E-state index contributed by atoms with van der Waals surface area (Å²) in [5.74, 6) is -0.227. The Balaban J connectivity index is 1.35. The highest BCUT2D eigenvalue weighted by Gasteiger charge is 2.43. The van der Waals surface area contributed by atoms with Gasteiger partial charge < -0.3 is 10.6 Å². The number of aromatic amines is 1. The fourth-order valence-corrected chi connectivity index (χ4v) is 5.51. The molecule has 2 bridgehead atoms. The van der Waals surface area contributed by atoms with E-state index >= 15 is 0 Å². The second-order valence-electron chi connectivity index (χ2n) is 12.1. The normalized spacial score (nSPS) is 20.9. The number of benzene rings is 1. The molecule has 4 heterocycles. The van der Waals surface area contributed by atoms with Gasteiger partial charge in [-0.1, -0.05) is 56.3 Å². The molecule has 3 N–H and O–H groups in total. The fourth-order valence-electron chi connectivity index (χ4n) is 5.51. The lowest BCUT2D eigenvalue weighted by atomic mass is 9.73. The maximum absolute atomic E-state index is 14.1. The van der Waals surface area contributed by atoms with Crippen LogP contribution >= 0.6 is 0 Å². The molecule has 0 unspecified atom stereocenters. The topological polar surface area (TPSA) is 121 Å². The fraction of sp³-hybridized carbons (Fsp3) is 0.552. The summed E-state index contributed by atoms with van der Waals surface area (Å²) < 4.78 is 1.81. The van der Waals surface area contributed by atoms with E-state index in [1.54, 1.807) is 0 Å². The molecule has 1 aromatic carbocycles. The van der Waals surface area contributed by atoms with Crippen LogP contribution < -0.4 is 10.6 Å². The van der Waals surface area contributed by atoms with Crippen molar-refractivity contribution in [2.24, 2.45) is 5.41 Å². The van der Waals surface area contributed by atoms with Gasteiger partial charge in [-0.25, -0.2) is 0 Å². The standard InChI is InChI=1S/C29H40N8O2/c1-28(2,3)25-17-22(32-34-25)19-36-14-10-29(11-15-36)18-23-20-37(35-33-23)13-7-12-30-26(38)24(31-27(29)39)16-21-8-5-4-6-9-21/h4-6,8-9,17,20,24H,7,10-16,18-19H2,1-3H3,(H,30,38)(H,31,39)(H,32,34)/t24-/m0/s1. The molecular formula is C29H40N8O2. The highest BCUT2D eigenvalue weighted by Crippen LogP contribution is 2.36. The van der Waals surface area contributed by atoms with Crippen molar-refractivity contribution in [2.75, 3.05) is 19.6 Å². The lowest BCUT2D eigenvalue weighted by molar-refractivity contribution is -0.137. The molecule has 0 radical (unpaired) electrons. The number of amides is 2. The summed E-state index contributed by atoms with van der Waals surface area (Å²) in [5, 5.41) is 22.5. The van der Waals surface area contributed by atoms with Crippen molar-refractivity contribution < 1.29 is 9.59 Å². The summed E-state index contributed by atoms with van der Waals surface area (Å²) in [4.78, 5) is 29.6. The number of piperidine rings is 1. The van der Waals surface area contributed by atoms with Crippen molar-refractivity contribution >= 4 is 11.8 Å². The van der Waals surface area contributed by atoms with Gasteiger partial charge in [-0.3, -0.25) is 24.3 Å². The summed E-state index contributed by atoms with van der Waals surface area (Å²) in [6.07, 6.45) is 4.99. The maximum Gasteiger partial charge on any atom is 0.242 e. The molecule has 0 aliphatic carbocycles. The van der Waals surface area contributed by atoms with Gasteiger partial charge in [-0.15, -0.1) is 5.10 Å². The predicted octanol–water partition coefficient (Wildman–Crippen LogP) is 2.37. The van der Waals surface area contributed by atoms with Gasteiger partial charge in [0, 0.05) is 49.8 Å². The van der Waals surface area contributed by atoms with Crippen LogP contribution in [0.1, 0.15) is 62.7 Å². The molecule has 208 valence electrons. The monoisotopic (exact) mass is 532 g/mol. The molecule has 10 nitrogen and oxygen atoms in total. The zero-order valence-electron chi connectivity index (χ0n) is 23.2. The van der Waals surface area contributed by atoms with Crippen LogP contribution in [0.3, 0.4) is 0 Å². The number of aryl methyl sites for hydroxylation is 1. The molecule has 1 spiro atoms. The minimum Gasteiger partial charge on any atom is -0.354 e. The molecule has 10 heteroatoms. The molecule has 3 aromatic rings. The van der Waals surface area contributed by atoms with Crippen LogP contribution in [-0.2, 0) is 40.9 Å². The van der Waals surface area contributed by atoms with Crippen molar-refractivity contribution in [1.29, 1.82) is 0 Å². The minimum atomic E-state index is -0.662. The summed E-state index contributed by atoms with van der Waals surface area (Å²) >= 11 is 0. The highest BCUT2D eigenvalue weighted by molar-refractivity contribution is 5.90. The van der Waals surface area contributed by atoms with Gasteiger partial charge in [-0.05, 0) is 44.0 Å². The minimum absolute atomic E-state index is 0.00856. The van der Waals surface area contributed by atoms with Crippen LogP contribution in [0.2, 0.25) is 0 Å². The van der Waals surface area contributed by atoms with Gasteiger partial charge in [0.25, 0.3) is 0 Å². The molecule has 2 aliphatic rings. The number of hydrogen-bond donors (Lipinski definition) is 3. The van der Waals surface area contributed by atoms with Crippen molar-refractivity contribution in [3.05, 3.63) is 65.2 Å². The van der Waals surface area contributed by atoms with Crippen LogP contribution in [0.25, 0.3) is 0 Å². The van der Waals surface area contributed by atoms with E-state index < -0.39 is 11.5 Å². The van der Waals surface area contributed by atoms with Gasteiger partial charge in [-0.2, -0.15) is 5.10 Å². The van der Waals surface area contributed by atoms with Gasteiger partial charge in [0.2, 0.25) is 11.8 Å². The van der Waals surface area contributed by atoms with E-state index in [2.05, 4.69) is 62.9 Å². The average molecular weight is 533 g/mol. The average Bonchev–Trinajstić information content (AvgIpc) is 3.57. The number of H-pyrrole nitrogens is 1. The Morgan fingerprint density at radius 1 is 1.08 bits per heavy atom. The van der Waals surface area contributed by atoms with Crippen LogP contribution in [0.15, 0.2) is 42.6 Å². The van der Waals surface area contributed by atoms with Crippen LogP contribution in [0.5, 0.6) is 0 Å². The van der Waals surface area contributed by atoms with Crippen LogP contribution in [0, 0.1) is 5.41 Å². The lowest BCUT2D eigenvalue weighted by Gasteiger charge is -2.41. The van der Waals surface area contributed by atoms with Gasteiger partial charge in [0.15, 0.2) is 0 Å². The van der Waals surface area contributed by atoms with E-state index in [-0.39, 0.29) is 17.2 Å². The number of aromatic nitrogens is 5. The molecule has 2 aliphatic heterocycles.